The van der Waals surface area contributed by atoms with Crippen molar-refractivity contribution in [2.24, 2.45) is 0 Å². The average Bonchev–Trinajstić information content (AvgIpc) is 3.10. The maximum atomic E-state index is 12.5. The van der Waals surface area contributed by atoms with E-state index in [0.717, 1.165) is 11.1 Å². The number of amides is 1. The molecular weight excluding hydrogens is 330 g/mol. The van der Waals surface area contributed by atoms with Crippen LogP contribution < -0.4 is 4.74 Å². The molecule has 0 aliphatic carbocycles. The molecule has 0 aliphatic rings. The third-order valence-corrected chi connectivity index (χ3v) is 3.90. The Hall–Kier alpha value is -3.15. The van der Waals surface area contributed by atoms with Crippen LogP contribution in [-0.4, -0.2) is 34.1 Å². The van der Waals surface area contributed by atoms with Crippen molar-refractivity contribution in [1.82, 2.24) is 15.0 Å². The van der Waals surface area contributed by atoms with Crippen molar-refractivity contribution >= 4 is 5.91 Å². The lowest BCUT2D eigenvalue weighted by atomic mass is 10.2. The Bertz CT molecular complexity index is 877. The van der Waals surface area contributed by atoms with E-state index in [1.54, 1.807) is 14.0 Å². The zero-order chi connectivity index (χ0) is 18.5. The van der Waals surface area contributed by atoms with Gasteiger partial charge in [-0.1, -0.05) is 47.6 Å². The summed E-state index contributed by atoms with van der Waals surface area (Å²) in [4.78, 5) is 18.4. The molecule has 3 rings (SSSR count). The summed E-state index contributed by atoms with van der Waals surface area (Å²) in [6, 6.07) is 17.2. The van der Waals surface area contributed by atoms with Gasteiger partial charge in [-0.05, 0) is 31.5 Å². The van der Waals surface area contributed by atoms with Crippen molar-refractivity contribution in [3.05, 3.63) is 66.1 Å². The number of aromatic nitrogens is 2. The molecule has 1 atom stereocenters. The van der Waals surface area contributed by atoms with Crippen LogP contribution >= 0.6 is 0 Å². The highest BCUT2D eigenvalue weighted by molar-refractivity contribution is 5.80. The zero-order valence-electron chi connectivity index (χ0n) is 15.0. The molecule has 1 aromatic heterocycles. The van der Waals surface area contributed by atoms with Crippen LogP contribution in [0, 0.1) is 6.92 Å². The van der Waals surface area contributed by atoms with E-state index >= 15 is 0 Å². The molecule has 0 fully saturated rings. The molecule has 0 aliphatic heterocycles. The van der Waals surface area contributed by atoms with Crippen molar-refractivity contribution in [3.8, 4) is 17.1 Å². The summed E-state index contributed by atoms with van der Waals surface area (Å²) < 4.78 is 11.0. The molecule has 134 valence electrons. The molecule has 0 saturated carbocycles. The maximum Gasteiger partial charge on any atom is 0.263 e. The average molecular weight is 351 g/mol. The summed E-state index contributed by atoms with van der Waals surface area (Å²) in [5.74, 6) is 1.39. The van der Waals surface area contributed by atoms with Crippen molar-refractivity contribution in [1.29, 1.82) is 0 Å². The standard InChI is InChI=1S/C20H21N3O3/c1-14-8-7-11-17(12-14)25-15(2)20(24)23(3)13-18-21-19(22-26-18)16-9-5-4-6-10-16/h4-12,15H,13H2,1-3H3. The first-order valence-electron chi connectivity index (χ1n) is 8.39. The minimum Gasteiger partial charge on any atom is -0.481 e. The van der Waals surface area contributed by atoms with E-state index in [1.165, 1.54) is 4.90 Å². The fourth-order valence-electron chi connectivity index (χ4n) is 2.56. The van der Waals surface area contributed by atoms with Crippen molar-refractivity contribution < 1.29 is 14.1 Å². The Kier molecular flexibility index (Phi) is 5.31. The number of nitrogens with zero attached hydrogens (tertiary/aromatic N) is 3. The molecule has 0 bridgehead atoms. The Morgan fingerprint density at radius 3 is 2.69 bits per heavy atom. The van der Waals surface area contributed by atoms with Crippen molar-refractivity contribution in [3.63, 3.8) is 0 Å². The van der Waals surface area contributed by atoms with Gasteiger partial charge in [0.25, 0.3) is 5.91 Å². The molecule has 0 N–H and O–H groups in total. The molecule has 0 spiro atoms. The molecule has 1 heterocycles. The van der Waals surface area contributed by atoms with E-state index in [-0.39, 0.29) is 12.5 Å². The number of ether oxygens (including phenoxy) is 1. The maximum absolute atomic E-state index is 12.5. The van der Waals surface area contributed by atoms with Gasteiger partial charge < -0.3 is 14.2 Å². The number of carbonyl (C=O) groups is 1. The van der Waals surface area contributed by atoms with Gasteiger partial charge in [-0.2, -0.15) is 4.98 Å². The minimum atomic E-state index is -0.613. The Balaban J connectivity index is 1.61. The normalized spacial score (nSPS) is 11.8. The highest BCUT2D eigenvalue weighted by Gasteiger charge is 2.21. The molecule has 6 heteroatoms. The minimum absolute atomic E-state index is 0.161. The quantitative estimate of drug-likeness (QED) is 0.680. The van der Waals surface area contributed by atoms with Crippen LogP contribution in [0.5, 0.6) is 5.75 Å². The summed E-state index contributed by atoms with van der Waals surface area (Å²) in [7, 11) is 1.69. The summed E-state index contributed by atoms with van der Waals surface area (Å²) >= 11 is 0. The lowest BCUT2D eigenvalue weighted by Crippen LogP contribution is -2.37. The molecule has 0 radical (unpaired) electrons. The Morgan fingerprint density at radius 2 is 1.96 bits per heavy atom. The first-order chi connectivity index (χ1) is 12.5. The first kappa shape index (κ1) is 17.7. The third-order valence-electron chi connectivity index (χ3n) is 3.90. The van der Waals surface area contributed by atoms with Crippen LogP contribution in [0.25, 0.3) is 11.4 Å². The van der Waals surface area contributed by atoms with Gasteiger partial charge in [0.1, 0.15) is 5.75 Å². The van der Waals surface area contributed by atoms with E-state index in [4.69, 9.17) is 9.26 Å². The zero-order valence-corrected chi connectivity index (χ0v) is 15.0. The lowest BCUT2D eigenvalue weighted by Gasteiger charge is -2.20. The predicted molar refractivity (Wildman–Crippen MR) is 97.5 cm³/mol. The monoisotopic (exact) mass is 351 g/mol. The predicted octanol–water partition coefficient (Wildman–Crippen LogP) is 3.47. The number of aryl methyl sites for hydroxylation is 1. The number of likely N-dealkylation sites (N-methyl/N-ethyl adjacent to an activating group) is 1. The van der Waals surface area contributed by atoms with E-state index < -0.39 is 6.10 Å². The number of rotatable bonds is 6. The van der Waals surface area contributed by atoms with Crippen molar-refractivity contribution in [2.45, 2.75) is 26.5 Å². The highest BCUT2D eigenvalue weighted by Crippen LogP contribution is 2.17. The van der Waals surface area contributed by atoms with Crippen LogP contribution in [0.4, 0.5) is 0 Å². The van der Waals surface area contributed by atoms with Crippen LogP contribution in [0.1, 0.15) is 18.4 Å². The van der Waals surface area contributed by atoms with Crippen LogP contribution in [0.15, 0.2) is 59.1 Å². The van der Waals surface area contributed by atoms with Crippen molar-refractivity contribution in [2.75, 3.05) is 7.05 Å². The van der Waals surface area contributed by atoms with Gasteiger partial charge in [-0.25, -0.2) is 0 Å². The number of hydrogen-bond acceptors (Lipinski definition) is 5. The van der Waals surface area contributed by atoms with Crippen LogP contribution in [0.2, 0.25) is 0 Å². The second kappa shape index (κ2) is 7.82. The second-order valence-electron chi connectivity index (χ2n) is 6.15. The molecule has 1 unspecified atom stereocenters. The number of benzene rings is 2. The van der Waals surface area contributed by atoms with Gasteiger partial charge in [0.2, 0.25) is 11.7 Å². The molecule has 26 heavy (non-hydrogen) atoms. The second-order valence-corrected chi connectivity index (χ2v) is 6.15. The van der Waals surface area contributed by atoms with Gasteiger partial charge in [0.05, 0.1) is 6.54 Å². The SMILES string of the molecule is Cc1cccc(OC(C)C(=O)N(C)Cc2nc(-c3ccccc3)no2)c1. The van der Waals surface area contributed by atoms with Gasteiger partial charge in [-0.3, -0.25) is 4.79 Å². The van der Waals surface area contributed by atoms with Crippen LogP contribution in [0.3, 0.4) is 0 Å². The van der Waals surface area contributed by atoms with Gasteiger partial charge in [0, 0.05) is 12.6 Å². The van der Waals surface area contributed by atoms with E-state index in [9.17, 15) is 4.79 Å². The van der Waals surface area contributed by atoms with Gasteiger partial charge in [0.15, 0.2) is 6.10 Å². The molecular formula is C20H21N3O3. The molecule has 6 nitrogen and oxygen atoms in total. The summed E-state index contributed by atoms with van der Waals surface area (Å²) in [6.45, 7) is 3.93. The Morgan fingerprint density at radius 1 is 1.19 bits per heavy atom. The van der Waals surface area contributed by atoms with E-state index in [2.05, 4.69) is 10.1 Å². The summed E-state index contributed by atoms with van der Waals surface area (Å²) in [5.41, 5.74) is 1.95. The van der Waals surface area contributed by atoms with Gasteiger partial charge >= 0.3 is 0 Å². The third kappa shape index (κ3) is 4.27. The molecule has 0 saturated heterocycles. The molecule has 3 aromatic rings. The topological polar surface area (TPSA) is 68.5 Å². The number of carbonyl (C=O) groups excluding carboxylic acids is 1. The lowest BCUT2D eigenvalue weighted by molar-refractivity contribution is -0.137. The summed E-state index contributed by atoms with van der Waals surface area (Å²) in [5, 5.41) is 3.97. The molecule has 2 aromatic carbocycles. The number of hydrogen-bond donors (Lipinski definition) is 0. The highest BCUT2D eigenvalue weighted by atomic mass is 16.5. The van der Waals surface area contributed by atoms with E-state index in [0.29, 0.717) is 17.5 Å². The van der Waals surface area contributed by atoms with Crippen LogP contribution in [-0.2, 0) is 11.3 Å². The smallest absolute Gasteiger partial charge is 0.263 e. The Labute approximate surface area is 152 Å². The fraction of sp³-hybridized carbons (Fsp3) is 0.250. The summed E-state index contributed by atoms with van der Waals surface area (Å²) in [6.07, 6.45) is -0.613. The molecule has 1 amide bonds. The van der Waals surface area contributed by atoms with Gasteiger partial charge in [-0.15, -0.1) is 0 Å². The first-order valence-corrected chi connectivity index (χ1v) is 8.39. The largest absolute Gasteiger partial charge is 0.481 e. The fourth-order valence-corrected chi connectivity index (χ4v) is 2.56. The van der Waals surface area contributed by atoms with E-state index in [1.807, 2.05) is 61.5 Å².